The summed E-state index contributed by atoms with van der Waals surface area (Å²) in [4.78, 5) is 31.5. The molecule has 2 saturated carbocycles. The lowest BCUT2D eigenvalue weighted by atomic mass is 9.64. The van der Waals surface area contributed by atoms with E-state index in [2.05, 4.69) is 52.8 Å². The lowest BCUT2D eigenvalue weighted by molar-refractivity contribution is -0.0876. The summed E-state index contributed by atoms with van der Waals surface area (Å²) in [7, 11) is 0. The van der Waals surface area contributed by atoms with E-state index in [0.717, 1.165) is 59.9 Å². The lowest BCUT2D eigenvalue weighted by Crippen LogP contribution is -2.54. The SMILES string of the molecule is CC1=CCCC2(C)C(CCC2(O)CN(Cc2ccccc2)C(=O)OC2CC(C)CCC2C(C)C)c2ccc(cc2C(=O)c2ccccc2-c2ccccc2)CC(O)CC1. The Balaban J connectivity index is 1.30. The van der Waals surface area contributed by atoms with E-state index in [-0.39, 0.29) is 30.4 Å². The van der Waals surface area contributed by atoms with Gasteiger partial charge in [0.1, 0.15) is 6.10 Å². The van der Waals surface area contributed by atoms with Gasteiger partial charge in [-0.1, -0.05) is 143 Å². The number of benzene rings is 4. The number of rotatable bonds is 9. The Hall–Kier alpha value is -4.52. The van der Waals surface area contributed by atoms with E-state index in [4.69, 9.17) is 4.74 Å². The number of hydrogen-bond donors (Lipinski definition) is 2. The summed E-state index contributed by atoms with van der Waals surface area (Å²) in [5.41, 5.74) is 5.15. The van der Waals surface area contributed by atoms with Crippen molar-refractivity contribution in [2.45, 2.75) is 129 Å². The van der Waals surface area contributed by atoms with Crippen LogP contribution in [0.25, 0.3) is 11.1 Å². The Labute approximate surface area is 352 Å². The zero-order valence-electron chi connectivity index (χ0n) is 35.9. The van der Waals surface area contributed by atoms with Crippen molar-refractivity contribution in [3.05, 3.63) is 143 Å². The van der Waals surface area contributed by atoms with E-state index < -0.39 is 17.1 Å². The normalized spacial score (nSPS) is 27.4. The number of allylic oxidation sites excluding steroid dienone is 2. The molecule has 2 bridgehead atoms. The van der Waals surface area contributed by atoms with Gasteiger partial charge in [-0.25, -0.2) is 4.79 Å². The van der Waals surface area contributed by atoms with Crippen LogP contribution in [-0.4, -0.2) is 51.3 Å². The van der Waals surface area contributed by atoms with Crippen molar-refractivity contribution in [1.29, 1.82) is 0 Å². The van der Waals surface area contributed by atoms with Crippen LogP contribution in [0.1, 0.15) is 131 Å². The quantitative estimate of drug-likeness (QED) is 0.130. The van der Waals surface area contributed by atoms with Crippen molar-refractivity contribution in [1.82, 2.24) is 4.90 Å². The van der Waals surface area contributed by atoms with Crippen LogP contribution in [0.3, 0.4) is 0 Å². The van der Waals surface area contributed by atoms with Gasteiger partial charge >= 0.3 is 6.09 Å². The number of aliphatic hydroxyl groups is 2. The number of hydrogen-bond acceptors (Lipinski definition) is 5. The van der Waals surface area contributed by atoms with Crippen LogP contribution >= 0.6 is 0 Å². The van der Waals surface area contributed by atoms with Crippen LogP contribution in [0.15, 0.2) is 115 Å². The molecule has 0 spiro atoms. The molecule has 1 amide bonds. The average Bonchev–Trinajstić information content (AvgIpc) is 3.48. The van der Waals surface area contributed by atoms with Crippen LogP contribution in [0.2, 0.25) is 0 Å². The third-order valence-corrected chi connectivity index (χ3v) is 14.3. The molecule has 4 aromatic carbocycles. The van der Waals surface area contributed by atoms with Crippen LogP contribution < -0.4 is 0 Å². The molecule has 0 heterocycles. The minimum atomic E-state index is -1.28. The van der Waals surface area contributed by atoms with Gasteiger partial charge < -0.3 is 19.8 Å². The maximum Gasteiger partial charge on any atom is 0.410 e. The van der Waals surface area contributed by atoms with E-state index >= 15 is 4.79 Å². The predicted molar refractivity (Wildman–Crippen MR) is 237 cm³/mol. The molecule has 312 valence electrons. The number of ether oxygens (including phenoxy) is 1. The number of aliphatic hydroxyl groups excluding tert-OH is 1. The molecular formula is C53H65NO5. The van der Waals surface area contributed by atoms with Gasteiger partial charge in [-0.05, 0) is 122 Å². The highest BCUT2D eigenvalue weighted by Crippen LogP contribution is 2.59. The fourth-order valence-electron chi connectivity index (χ4n) is 10.7. The van der Waals surface area contributed by atoms with Crippen molar-refractivity contribution in [3.8, 4) is 11.1 Å². The number of fused-ring (bicyclic) bond motifs is 8. The number of ketones is 1. The molecule has 7 unspecified atom stereocenters. The molecular weight excluding hydrogens is 731 g/mol. The number of carbonyl (C=O) groups excluding carboxylic acids is 2. The van der Waals surface area contributed by atoms with Gasteiger partial charge in [0.2, 0.25) is 0 Å². The van der Waals surface area contributed by atoms with Gasteiger partial charge in [-0.3, -0.25) is 4.79 Å². The van der Waals surface area contributed by atoms with Crippen LogP contribution in [0.4, 0.5) is 4.79 Å². The van der Waals surface area contributed by atoms with Crippen molar-refractivity contribution in [2.24, 2.45) is 23.2 Å². The highest BCUT2D eigenvalue weighted by atomic mass is 16.6. The summed E-state index contributed by atoms with van der Waals surface area (Å²) < 4.78 is 6.52. The average molecular weight is 796 g/mol. The summed E-state index contributed by atoms with van der Waals surface area (Å²) in [5.74, 6) is 0.939. The minimum absolute atomic E-state index is 0.0629. The van der Waals surface area contributed by atoms with E-state index in [1.165, 1.54) is 5.57 Å². The third-order valence-electron chi connectivity index (χ3n) is 14.3. The molecule has 59 heavy (non-hydrogen) atoms. The highest BCUT2D eigenvalue weighted by Gasteiger charge is 2.58. The fraction of sp³-hybridized carbons (Fsp3) is 0.472. The van der Waals surface area contributed by atoms with Crippen molar-refractivity contribution >= 4 is 11.9 Å². The standard InChI is InChI=1S/C53H65NO5/c1-36(2)43-26-23-38(4)31-49(43)59-51(57)54(34-39-16-8-6-9-17-39)35-53(58)30-28-48-45-27-24-40(32-42(55)25-22-37(3)15-14-29-52(48,53)5)33-47(45)50(56)46-21-13-12-20-44(46)41-18-10-7-11-19-41/h6-13,15-21,24,27,33,36,38,42-43,48-49,55,58H,14,22-23,25-26,28-32,34-35H2,1-5H3. The summed E-state index contributed by atoms with van der Waals surface area (Å²) >= 11 is 0. The summed E-state index contributed by atoms with van der Waals surface area (Å²) in [5, 5.41) is 24.5. The van der Waals surface area contributed by atoms with E-state index in [9.17, 15) is 15.0 Å². The van der Waals surface area contributed by atoms with E-state index in [1.807, 2.05) is 91.0 Å². The summed E-state index contributed by atoms with van der Waals surface area (Å²) in [6, 6.07) is 34.0. The van der Waals surface area contributed by atoms with E-state index in [1.54, 1.807) is 4.90 Å². The molecule has 2 N–H and O–H groups in total. The number of nitrogens with zero attached hydrogens (tertiary/aromatic N) is 1. The zero-order valence-corrected chi connectivity index (χ0v) is 35.9. The molecule has 0 aliphatic heterocycles. The number of amides is 1. The van der Waals surface area contributed by atoms with Gasteiger partial charge in [0.15, 0.2) is 5.78 Å². The molecule has 6 nitrogen and oxygen atoms in total. The predicted octanol–water partition coefficient (Wildman–Crippen LogP) is 11.7. The van der Waals surface area contributed by atoms with Gasteiger partial charge in [-0.15, -0.1) is 0 Å². The molecule has 2 fully saturated rings. The fourth-order valence-corrected chi connectivity index (χ4v) is 10.7. The minimum Gasteiger partial charge on any atom is -0.446 e. The first-order valence-corrected chi connectivity index (χ1v) is 22.2. The van der Waals surface area contributed by atoms with Crippen molar-refractivity contribution < 1.29 is 24.5 Å². The van der Waals surface area contributed by atoms with Crippen LogP contribution in [0, 0.1) is 23.2 Å². The molecule has 7 atom stereocenters. The smallest absolute Gasteiger partial charge is 0.410 e. The second-order valence-electron chi connectivity index (χ2n) is 18.8. The first-order valence-electron chi connectivity index (χ1n) is 22.2. The van der Waals surface area contributed by atoms with Gasteiger partial charge in [0.05, 0.1) is 18.2 Å². The Morgan fingerprint density at radius 3 is 2.32 bits per heavy atom. The highest BCUT2D eigenvalue weighted by molar-refractivity contribution is 6.13. The second kappa shape index (κ2) is 18.4. The molecule has 8 rings (SSSR count). The number of carbonyl (C=O) groups is 2. The first-order chi connectivity index (χ1) is 28.3. The lowest BCUT2D eigenvalue weighted by Gasteiger charge is -2.46. The van der Waals surface area contributed by atoms with Gasteiger partial charge in [0, 0.05) is 23.1 Å². The Morgan fingerprint density at radius 1 is 0.864 bits per heavy atom. The largest absolute Gasteiger partial charge is 0.446 e. The molecule has 0 radical (unpaired) electrons. The maximum absolute atomic E-state index is 15.1. The van der Waals surface area contributed by atoms with Crippen molar-refractivity contribution in [3.63, 3.8) is 0 Å². The monoisotopic (exact) mass is 795 g/mol. The zero-order chi connectivity index (χ0) is 41.7. The molecule has 0 aromatic heterocycles. The van der Waals surface area contributed by atoms with E-state index in [0.29, 0.717) is 67.5 Å². The topological polar surface area (TPSA) is 87.1 Å². The van der Waals surface area contributed by atoms with Crippen LogP contribution in [0.5, 0.6) is 0 Å². The Kier molecular flexibility index (Phi) is 13.3. The molecule has 4 aromatic rings. The Morgan fingerprint density at radius 2 is 1.58 bits per heavy atom. The van der Waals surface area contributed by atoms with Gasteiger partial charge in [-0.2, -0.15) is 0 Å². The molecule has 4 aliphatic carbocycles. The maximum atomic E-state index is 15.1. The first kappa shape index (κ1) is 42.6. The molecule has 0 saturated heterocycles. The molecule has 4 aliphatic rings. The Bertz CT molecular complexity index is 2090. The van der Waals surface area contributed by atoms with Crippen LogP contribution in [-0.2, 0) is 17.7 Å². The van der Waals surface area contributed by atoms with Gasteiger partial charge in [0.25, 0.3) is 0 Å². The molecule has 6 heteroatoms. The summed E-state index contributed by atoms with van der Waals surface area (Å²) in [6.07, 6.45) is 8.59. The van der Waals surface area contributed by atoms with Crippen molar-refractivity contribution in [2.75, 3.05) is 6.54 Å². The summed E-state index contributed by atoms with van der Waals surface area (Å²) in [6.45, 7) is 11.5. The third kappa shape index (κ3) is 9.45. The second-order valence-corrected chi connectivity index (χ2v) is 18.8.